The van der Waals surface area contributed by atoms with Crippen LogP contribution >= 0.6 is 0 Å². The van der Waals surface area contributed by atoms with Gasteiger partial charge in [-0.2, -0.15) is 8.78 Å². The molecule has 0 aromatic heterocycles. The molecule has 0 saturated carbocycles. The summed E-state index contributed by atoms with van der Waals surface area (Å²) in [5.74, 6) is -1.20. The van der Waals surface area contributed by atoms with Crippen molar-refractivity contribution in [2.24, 2.45) is 0 Å². The van der Waals surface area contributed by atoms with Gasteiger partial charge in [0.2, 0.25) is 10.0 Å². The smallest absolute Gasteiger partial charge is 0.387 e. The molecule has 0 fully saturated rings. The van der Waals surface area contributed by atoms with Gasteiger partial charge in [0.1, 0.15) is 17.4 Å². The lowest BCUT2D eigenvalue weighted by Gasteiger charge is -2.22. The number of anilines is 1. The topological polar surface area (TPSA) is 87.7 Å². The Balaban J connectivity index is 1.78. The monoisotopic (exact) mass is 512 g/mol. The molecular formula is C24H24F4N2O4S. The van der Waals surface area contributed by atoms with Gasteiger partial charge < -0.3 is 15.2 Å². The van der Waals surface area contributed by atoms with Gasteiger partial charge in [0, 0.05) is 12.6 Å². The van der Waals surface area contributed by atoms with Gasteiger partial charge in [-0.1, -0.05) is 30.3 Å². The maximum atomic E-state index is 14.0. The lowest BCUT2D eigenvalue weighted by Crippen LogP contribution is -2.28. The van der Waals surface area contributed by atoms with Crippen LogP contribution in [0.25, 0.3) is 0 Å². The van der Waals surface area contributed by atoms with Crippen LogP contribution in [0.15, 0.2) is 66.7 Å². The summed E-state index contributed by atoms with van der Waals surface area (Å²) in [6.07, 6.45) is 0.133. The van der Waals surface area contributed by atoms with Crippen LogP contribution in [0.1, 0.15) is 28.8 Å². The Bertz CT molecular complexity index is 1220. The van der Waals surface area contributed by atoms with E-state index in [-0.39, 0.29) is 23.5 Å². The number of hydrogen-bond acceptors (Lipinski definition) is 5. The number of aliphatic hydroxyl groups is 1. The van der Waals surface area contributed by atoms with Crippen LogP contribution in [0.2, 0.25) is 0 Å². The molecule has 0 aliphatic heterocycles. The molecule has 3 aromatic carbocycles. The second-order valence-electron chi connectivity index (χ2n) is 7.87. The van der Waals surface area contributed by atoms with E-state index in [9.17, 15) is 31.1 Å². The van der Waals surface area contributed by atoms with Crippen LogP contribution in [0.5, 0.6) is 5.75 Å². The molecule has 2 unspecified atom stereocenters. The van der Waals surface area contributed by atoms with Crippen molar-refractivity contribution >= 4 is 15.7 Å². The number of rotatable bonds is 11. The van der Waals surface area contributed by atoms with Crippen molar-refractivity contribution in [3.05, 3.63) is 95.1 Å². The van der Waals surface area contributed by atoms with Crippen LogP contribution in [-0.4, -0.2) is 32.9 Å². The van der Waals surface area contributed by atoms with Crippen LogP contribution in [0.4, 0.5) is 23.2 Å². The van der Waals surface area contributed by atoms with E-state index < -0.39 is 40.4 Å². The highest BCUT2D eigenvalue weighted by atomic mass is 32.2. The molecular weight excluding hydrogens is 488 g/mol. The summed E-state index contributed by atoms with van der Waals surface area (Å²) in [7, 11) is -3.72. The molecule has 0 saturated heterocycles. The summed E-state index contributed by atoms with van der Waals surface area (Å²) in [5.41, 5.74) is 1.46. The second kappa shape index (κ2) is 11.5. The molecule has 0 spiro atoms. The maximum absolute atomic E-state index is 14.0. The fourth-order valence-electron chi connectivity index (χ4n) is 3.45. The van der Waals surface area contributed by atoms with E-state index in [0.29, 0.717) is 12.0 Å². The zero-order chi connectivity index (χ0) is 25.6. The Morgan fingerprint density at radius 3 is 2.17 bits per heavy atom. The van der Waals surface area contributed by atoms with Crippen molar-refractivity contribution in [2.45, 2.75) is 25.2 Å². The highest BCUT2D eigenvalue weighted by Gasteiger charge is 2.18. The number of hydrogen-bond donors (Lipinski definition) is 3. The number of halogens is 4. The predicted molar refractivity (Wildman–Crippen MR) is 124 cm³/mol. The molecule has 0 radical (unpaired) electrons. The maximum Gasteiger partial charge on any atom is 0.387 e. The van der Waals surface area contributed by atoms with Crippen LogP contribution in [0.3, 0.4) is 0 Å². The fourth-order valence-corrected chi connectivity index (χ4v) is 4.00. The van der Waals surface area contributed by atoms with E-state index in [1.165, 1.54) is 36.4 Å². The average molecular weight is 513 g/mol. The third-order valence-electron chi connectivity index (χ3n) is 5.09. The molecule has 0 amide bonds. The molecule has 35 heavy (non-hydrogen) atoms. The van der Waals surface area contributed by atoms with Crippen molar-refractivity contribution in [1.29, 1.82) is 0 Å². The summed E-state index contributed by atoms with van der Waals surface area (Å²) in [5, 5.41) is 13.8. The molecule has 3 N–H and O–H groups in total. The number of sulfonamides is 1. The Kier molecular flexibility index (Phi) is 8.71. The van der Waals surface area contributed by atoms with Crippen molar-refractivity contribution < 1.29 is 35.8 Å². The third kappa shape index (κ3) is 8.23. The average Bonchev–Trinajstić information content (AvgIpc) is 2.78. The highest BCUT2D eigenvalue weighted by Crippen LogP contribution is 2.25. The fraction of sp³-hybridized carbons (Fsp3) is 0.250. The lowest BCUT2D eigenvalue weighted by molar-refractivity contribution is -0.0498. The normalized spacial score (nSPS) is 13.5. The molecule has 0 heterocycles. The summed E-state index contributed by atoms with van der Waals surface area (Å²) >= 11 is 0. The van der Waals surface area contributed by atoms with E-state index in [2.05, 4.69) is 14.8 Å². The molecule has 0 aliphatic rings. The Morgan fingerprint density at radius 2 is 1.57 bits per heavy atom. The quantitative estimate of drug-likeness (QED) is 0.328. The zero-order valence-corrected chi connectivity index (χ0v) is 19.4. The summed E-state index contributed by atoms with van der Waals surface area (Å²) in [6, 6.07) is 15.0. The van der Waals surface area contributed by atoms with Gasteiger partial charge in [0.15, 0.2) is 0 Å². The van der Waals surface area contributed by atoms with E-state index >= 15 is 0 Å². The Morgan fingerprint density at radius 1 is 0.943 bits per heavy atom. The SMILES string of the molecule is CS(=O)(=O)Nc1cc(C(O)CNC(Cc2ccc(F)cc2)c2ccc(OC(F)F)cc2)ccc1F. The standard InChI is InChI=1S/C24H24F4N2O4S/c1-35(32,33)30-22-13-17(6-11-20(22)26)23(31)14-29-21(12-15-2-7-18(25)8-3-15)16-4-9-19(10-5-16)34-24(27)28/h2-11,13,21,23-24,29-31H,12,14H2,1H3. The first-order valence-corrected chi connectivity index (χ1v) is 12.4. The molecule has 3 aromatic rings. The summed E-state index contributed by atoms with van der Waals surface area (Å²) in [6.45, 7) is -2.97. The van der Waals surface area contributed by atoms with Crippen molar-refractivity contribution in [2.75, 3.05) is 17.5 Å². The van der Waals surface area contributed by atoms with E-state index in [1.54, 1.807) is 24.3 Å². The minimum atomic E-state index is -3.72. The lowest BCUT2D eigenvalue weighted by atomic mass is 9.98. The van der Waals surface area contributed by atoms with Gasteiger partial charge in [0.25, 0.3) is 0 Å². The first kappa shape index (κ1) is 26.5. The second-order valence-corrected chi connectivity index (χ2v) is 9.62. The highest BCUT2D eigenvalue weighted by molar-refractivity contribution is 7.92. The van der Waals surface area contributed by atoms with Gasteiger partial charge >= 0.3 is 6.61 Å². The van der Waals surface area contributed by atoms with Gasteiger partial charge in [-0.05, 0) is 59.5 Å². The Hall–Kier alpha value is -3.15. The van der Waals surface area contributed by atoms with E-state index in [4.69, 9.17) is 0 Å². The van der Waals surface area contributed by atoms with Gasteiger partial charge in [0.05, 0.1) is 18.0 Å². The third-order valence-corrected chi connectivity index (χ3v) is 5.68. The van der Waals surface area contributed by atoms with Crippen molar-refractivity contribution in [3.8, 4) is 5.75 Å². The largest absolute Gasteiger partial charge is 0.435 e. The number of aliphatic hydroxyl groups excluding tert-OH is 1. The van der Waals surface area contributed by atoms with Crippen LogP contribution < -0.4 is 14.8 Å². The first-order chi connectivity index (χ1) is 16.5. The minimum Gasteiger partial charge on any atom is -0.435 e. The number of benzene rings is 3. The molecule has 2 atom stereocenters. The summed E-state index contributed by atoms with van der Waals surface area (Å²) in [4.78, 5) is 0. The van der Waals surface area contributed by atoms with Gasteiger partial charge in [-0.3, -0.25) is 4.72 Å². The number of nitrogens with one attached hydrogen (secondary N) is 2. The van der Waals surface area contributed by atoms with Crippen molar-refractivity contribution in [3.63, 3.8) is 0 Å². The first-order valence-electron chi connectivity index (χ1n) is 10.5. The molecule has 6 nitrogen and oxygen atoms in total. The van der Waals surface area contributed by atoms with Gasteiger partial charge in [-0.25, -0.2) is 17.2 Å². The Labute approximate surface area is 200 Å². The van der Waals surface area contributed by atoms with E-state index in [0.717, 1.165) is 17.9 Å². The zero-order valence-electron chi connectivity index (χ0n) is 18.6. The molecule has 188 valence electrons. The summed E-state index contributed by atoms with van der Waals surface area (Å²) < 4.78 is 81.6. The molecule has 0 aliphatic carbocycles. The number of alkyl halides is 2. The van der Waals surface area contributed by atoms with Crippen LogP contribution in [0, 0.1) is 11.6 Å². The minimum absolute atomic E-state index is 0.00884. The molecule has 3 rings (SSSR count). The predicted octanol–water partition coefficient (Wildman–Crippen LogP) is 4.54. The molecule has 0 bridgehead atoms. The van der Waals surface area contributed by atoms with Gasteiger partial charge in [-0.15, -0.1) is 0 Å². The van der Waals surface area contributed by atoms with E-state index in [1.807, 2.05) is 0 Å². The number of ether oxygens (including phenoxy) is 1. The van der Waals surface area contributed by atoms with Crippen molar-refractivity contribution in [1.82, 2.24) is 5.32 Å². The van der Waals surface area contributed by atoms with Crippen LogP contribution in [-0.2, 0) is 16.4 Å². The molecule has 11 heteroatoms.